The molecule has 0 N–H and O–H groups in total. The summed E-state index contributed by atoms with van der Waals surface area (Å²) in [6.45, 7) is 38.3. The van der Waals surface area contributed by atoms with Gasteiger partial charge in [-0.3, -0.25) is 0 Å². The lowest BCUT2D eigenvalue weighted by atomic mass is 10.0. The molecule has 0 nitrogen and oxygen atoms in total. The predicted molar refractivity (Wildman–Crippen MR) is 436 cm³/mol. The van der Waals surface area contributed by atoms with E-state index in [2.05, 4.69) is 428 Å². The molecule has 0 aromatic heterocycles. The summed E-state index contributed by atoms with van der Waals surface area (Å²) in [5.41, 5.74) is 26.8. The molecule has 98 heavy (non-hydrogen) atoms. The molecular weight excluding hydrogens is 1180 g/mol. The summed E-state index contributed by atoms with van der Waals surface area (Å²) in [5.74, 6) is 0. The lowest BCUT2D eigenvalue weighted by Crippen LogP contribution is -1.80. The van der Waals surface area contributed by atoms with Crippen LogP contribution in [-0.2, 0) is 0 Å². The molecule has 0 saturated heterocycles. The molecule has 0 radical (unpaired) electrons. The van der Waals surface area contributed by atoms with Gasteiger partial charge in [0.05, 0.1) is 0 Å². The Morgan fingerprint density at radius 1 is 0.122 bits per heavy atom. The Bertz CT molecular complexity index is 4650. The van der Waals surface area contributed by atoms with E-state index in [1.807, 2.05) is 0 Å². The van der Waals surface area contributed by atoms with Crippen LogP contribution in [0.25, 0.3) is 65.0 Å². The third kappa shape index (κ3) is 24.1. The Kier molecular flexibility index (Phi) is 28.9. The highest BCUT2D eigenvalue weighted by Crippen LogP contribution is 2.25. The van der Waals surface area contributed by atoms with Crippen LogP contribution in [0.4, 0.5) is 0 Å². The van der Waals surface area contributed by atoms with E-state index in [1.54, 1.807) is 0 Å². The Balaban J connectivity index is 0.000000156. The molecule has 0 bridgehead atoms. The van der Waals surface area contributed by atoms with Crippen LogP contribution in [0, 0.1) is 125 Å². The van der Waals surface area contributed by atoms with Gasteiger partial charge in [-0.2, -0.15) is 0 Å². The smallest absolute Gasteiger partial charge is 0.0152 e. The lowest BCUT2D eigenvalue weighted by molar-refractivity contribution is 1.34. The maximum Gasteiger partial charge on any atom is -0.0152 e. The number of hydrogen-bond donors (Lipinski definition) is 0. The van der Waals surface area contributed by atoms with Crippen LogP contribution in [0.15, 0.2) is 303 Å². The quantitative estimate of drug-likeness (QED) is 0.154. The highest BCUT2D eigenvalue weighted by molar-refractivity contribution is 5.90. The minimum atomic E-state index is 1.30. The van der Waals surface area contributed by atoms with E-state index < -0.39 is 0 Å². The second-order valence-corrected chi connectivity index (χ2v) is 26.6. The lowest BCUT2D eigenvalue weighted by Gasteiger charge is -2.03. The van der Waals surface area contributed by atoms with Gasteiger partial charge in [0.15, 0.2) is 0 Å². The third-order valence-corrected chi connectivity index (χ3v) is 17.6. The van der Waals surface area contributed by atoms with Crippen molar-refractivity contribution in [2.24, 2.45) is 0 Å². The minimum absolute atomic E-state index is 1.30. The zero-order valence-electron chi connectivity index (χ0n) is 61.9. The highest BCUT2D eigenvalue weighted by atomic mass is 14.1. The molecule has 0 aliphatic rings. The zero-order valence-corrected chi connectivity index (χ0v) is 61.9. The molecule has 0 aliphatic heterocycles. The third-order valence-electron chi connectivity index (χ3n) is 17.6. The molecule has 0 heterocycles. The number of hydrogen-bond acceptors (Lipinski definition) is 0. The Labute approximate surface area is 589 Å². The van der Waals surface area contributed by atoms with Crippen LogP contribution in [0.2, 0.25) is 0 Å². The van der Waals surface area contributed by atoms with Crippen molar-refractivity contribution in [2.75, 3.05) is 0 Å². The summed E-state index contributed by atoms with van der Waals surface area (Å²) in [4.78, 5) is 0. The summed E-state index contributed by atoms with van der Waals surface area (Å²) in [7, 11) is 0. The topological polar surface area (TPSA) is 0 Å². The maximum atomic E-state index is 2.24. The molecule has 0 fully saturated rings. The molecule has 0 aliphatic carbocycles. The van der Waals surface area contributed by atoms with Crippen molar-refractivity contribution in [3.63, 3.8) is 0 Å². The fraction of sp³-hybridized carbons (Fsp3) is 0.184. The van der Waals surface area contributed by atoms with Crippen molar-refractivity contribution in [1.82, 2.24) is 0 Å². The molecule has 0 atom stereocenters. The van der Waals surface area contributed by atoms with E-state index in [-0.39, 0.29) is 0 Å². The van der Waals surface area contributed by atoms with Crippen LogP contribution in [0.1, 0.15) is 100 Å². The van der Waals surface area contributed by atoms with Crippen molar-refractivity contribution in [3.8, 4) is 11.1 Å². The average Bonchev–Trinajstić information content (AvgIpc) is 0.847. The van der Waals surface area contributed by atoms with Crippen LogP contribution in [0.3, 0.4) is 0 Å². The first-order valence-electron chi connectivity index (χ1n) is 34.5. The minimum Gasteiger partial charge on any atom is -0.0620 e. The fourth-order valence-corrected chi connectivity index (χ4v) is 11.4. The van der Waals surface area contributed by atoms with E-state index in [4.69, 9.17) is 0 Å². The Hall–Kier alpha value is -10.4. The van der Waals surface area contributed by atoms with Gasteiger partial charge < -0.3 is 0 Å². The Morgan fingerprint density at radius 3 is 0.704 bits per heavy atom. The highest BCUT2D eigenvalue weighted by Gasteiger charge is 2.02. The van der Waals surface area contributed by atoms with E-state index in [0.29, 0.717) is 0 Å². The fourth-order valence-electron chi connectivity index (χ4n) is 11.4. The normalized spacial score (nSPS) is 10.1. The van der Waals surface area contributed by atoms with Crippen LogP contribution in [-0.4, -0.2) is 0 Å². The maximum absolute atomic E-state index is 2.24. The second kappa shape index (κ2) is 37.8. The van der Waals surface area contributed by atoms with E-state index in [0.717, 1.165) is 0 Å². The molecule has 15 aromatic rings. The molecule has 496 valence electrons. The van der Waals surface area contributed by atoms with Gasteiger partial charge in [0.25, 0.3) is 0 Å². The number of benzene rings is 15. The number of aryl methyl sites for hydroxylation is 18. The first-order valence-corrected chi connectivity index (χ1v) is 34.5. The average molecular weight is 1280 g/mol. The monoisotopic (exact) mass is 1280 g/mol. The van der Waals surface area contributed by atoms with Gasteiger partial charge in [0.1, 0.15) is 0 Å². The summed E-state index contributed by atoms with van der Waals surface area (Å²) in [5, 5.41) is 13.5. The second-order valence-electron chi connectivity index (χ2n) is 26.6. The zero-order chi connectivity index (χ0) is 70.7. The van der Waals surface area contributed by atoms with Crippen molar-refractivity contribution in [1.29, 1.82) is 0 Å². The SMILES string of the molecule is Cc1cc2ccccc2cc1C.Cc1ccc(C)c2ccccc12.Cc1ccc(C)cc1.Cc1ccc2cc(C)ccc2c1.Cc1ccc2ccc(C)cc2c1.Cc1cccc(-c2cccc(C)c2)c1.Cc1cccc(C)c1.Cc1cccc2c(C)cccc12.Cc1ccccc1C. The molecule has 0 unspecified atom stereocenters. The van der Waals surface area contributed by atoms with Gasteiger partial charge in [-0.05, 0) is 234 Å². The van der Waals surface area contributed by atoms with Gasteiger partial charge in [-0.1, -0.05) is 359 Å². The standard InChI is InChI=1S/C14H14.5C12H12.3C8H10/c1-11-5-3-7-13(9-11)14-8-4-6-12(2)10-14;1-9-3-5-12-8-10(2)4-6-11(12)7-9;1-9-3-5-11-6-4-10(2)8-12(11)7-9;1-9-5-3-8-12-10(2)6-4-7-11(9)12;1-9-7-11-5-3-4-6-12(11)8-10(9)2;1-9-7-8-10(2)12-6-4-3-5-11(9)12;1-7-3-5-8(2)6-4-7;1-7-4-3-5-8(2)6-7;1-7-5-3-4-6-8(7)2/h3-10H,1-2H3;5*3-8H,1-2H3;3*3-6H,1-2H3. The molecular formula is C98H104. The Morgan fingerprint density at radius 2 is 0.367 bits per heavy atom. The van der Waals surface area contributed by atoms with Gasteiger partial charge in [-0.25, -0.2) is 0 Å². The van der Waals surface area contributed by atoms with Gasteiger partial charge in [0, 0.05) is 0 Å². The van der Waals surface area contributed by atoms with E-state index in [9.17, 15) is 0 Å². The summed E-state index contributed by atoms with van der Waals surface area (Å²) in [6, 6.07) is 107. The summed E-state index contributed by atoms with van der Waals surface area (Å²) >= 11 is 0. The van der Waals surface area contributed by atoms with Crippen molar-refractivity contribution >= 4 is 53.9 Å². The van der Waals surface area contributed by atoms with Crippen LogP contribution < -0.4 is 0 Å². The first-order chi connectivity index (χ1) is 47.0. The molecule has 0 amide bonds. The number of rotatable bonds is 1. The van der Waals surface area contributed by atoms with Gasteiger partial charge >= 0.3 is 0 Å². The van der Waals surface area contributed by atoms with Crippen molar-refractivity contribution < 1.29 is 0 Å². The molecule has 15 aromatic carbocycles. The van der Waals surface area contributed by atoms with Crippen molar-refractivity contribution in [3.05, 3.63) is 403 Å². The first kappa shape index (κ1) is 75.0. The van der Waals surface area contributed by atoms with Crippen molar-refractivity contribution in [2.45, 2.75) is 125 Å². The van der Waals surface area contributed by atoms with E-state index in [1.165, 1.54) is 165 Å². The van der Waals surface area contributed by atoms with Gasteiger partial charge in [0.2, 0.25) is 0 Å². The van der Waals surface area contributed by atoms with Gasteiger partial charge in [-0.15, -0.1) is 0 Å². The largest absolute Gasteiger partial charge is 0.0620 e. The summed E-state index contributed by atoms with van der Waals surface area (Å²) < 4.78 is 0. The van der Waals surface area contributed by atoms with Crippen LogP contribution in [0.5, 0.6) is 0 Å². The summed E-state index contributed by atoms with van der Waals surface area (Å²) in [6.07, 6.45) is 0. The number of fused-ring (bicyclic) bond motifs is 5. The molecule has 0 heteroatoms. The van der Waals surface area contributed by atoms with Crippen LogP contribution >= 0.6 is 0 Å². The molecule has 15 rings (SSSR count). The molecule has 0 saturated carbocycles. The predicted octanol–water partition coefficient (Wildman–Crippen LogP) is 28.2. The molecule has 0 spiro atoms. The van der Waals surface area contributed by atoms with E-state index >= 15 is 0 Å².